The molecule has 1 saturated heterocycles. The van der Waals surface area contributed by atoms with Gasteiger partial charge in [-0.05, 0) is 37.5 Å². The van der Waals surface area contributed by atoms with Crippen LogP contribution in [0.25, 0.3) is 0 Å². The summed E-state index contributed by atoms with van der Waals surface area (Å²) in [4.78, 5) is 4.64. The highest BCUT2D eigenvalue weighted by atomic mass is 79.9. The number of aliphatic imine (C=N–C) groups is 1. The van der Waals surface area contributed by atoms with E-state index in [1.807, 2.05) is 12.1 Å². The van der Waals surface area contributed by atoms with E-state index < -0.39 is 0 Å². The summed E-state index contributed by atoms with van der Waals surface area (Å²) in [6.45, 7) is 5.93. The van der Waals surface area contributed by atoms with Gasteiger partial charge in [0, 0.05) is 36.2 Å². The van der Waals surface area contributed by atoms with Crippen LogP contribution < -0.4 is 10.6 Å². The van der Waals surface area contributed by atoms with Gasteiger partial charge in [-0.2, -0.15) is 0 Å². The minimum absolute atomic E-state index is 0.0164. The van der Waals surface area contributed by atoms with Crippen molar-refractivity contribution in [3.63, 3.8) is 0 Å². The van der Waals surface area contributed by atoms with Crippen LogP contribution in [0.1, 0.15) is 25.3 Å². The van der Waals surface area contributed by atoms with Crippen LogP contribution >= 0.6 is 15.9 Å². The van der Waals surface area contributed by atoms with Gasteiger partial charge < -0.3 is 20.5 Å². The predicted octanol–water partition coefficient (Wildman–Crippen LogP) is 2.29. The summed E-state index contributed by atoms with van der Waals surface area (Å²) < 4.78 is 6.60. The second kappa shape index (κ2) is 9.25. The third-order valence-corrected chi connectivity index (χ3v) is 4.66. The van der Waals surface area contributed by atoms with Crippen LogP contribution in [0.2, 0.25) is 0 Å². The van der Waals surface area contributed by atoms with Gasteiger partial charge in [0.1, 0.15) is 0 Å². The van der Waals surface area contributed by atoms with Gasteiger partial charge in [-0.15, -0.1) is 0 Å². The number of halogens is 1. The smallest absolute Gasteiger partial charge is 0.191 e. The van der Waals surface area contributed by atoms with Crippen LogP contribution in [0.4, 0.5) is 0 Å². The van der Waals surface area contributed by atoms with Crippen molar-refractivity contribution in [1.29, 1.82) is 0 Å². The van der Waals surface area contributed by atoms with Gasteiger partial charge in [-0.3, -0.25) is 0 Å². The highest BCUT2D eigenvalue weighted by Crippen LogP contribution is 2.31. The normalized spacial score (nSPS) is 21.4. The fourth-order valence-electron chi connectivity index (χ4n) is 2.68. The van der Waals surface area contributed by atoms with Crippen LogP contribution in [0.5, 0.6) is 0 Å². The molecule has 1 fully saturated rings. The molecule has 3 N–H and O–H groups in total. The Labute approximate surface area is 146 Å². The van der Waals surface area contributed by atoms with Crippen LogP contribution in [-0.2, 0) is 11.3 Å². The summed E-state index contributed by atoms with van der Waals surface area (Å²) in [7, 11) is 0. The van der Waals surface area contributed by atoms with Crippen LogP contribution in [0.15, 0.2) is 33.7 Å². The van der Waals surface area contributed by atoms with Crippen molar-refractivity contribution in [2.24, 2.45) is 10.4 Å². The fraction of sp³-hybridized carbons (Fsp3) is 0.588. The number of nitrogens with zero attached hydrogens (tertiary/aromatic N) is 1. The van der Waals surface area contributed by atoms with Crippen molar-refractivity contribution in [2.45, 2.75) is 26.3 Å². The summed E-state index contributed by atoms with van der Waals surface area (Å²) in [5, 5.41) is 16.0. The van der Waals surface area contributed by atoms with Crippen LogP contribution in [-0.4, -0.2) is 44.0 Å². The van der Waals surface area contributed by atoms with E-state index in [1.54, 1.807) is 0 Å². The van der Waals surface area contributed by atoms with Crippen molar-refractivity contribution in [2.75, 3.05) is 32.9 Å². The van der Waals surface area contributed by atoms with E-state index in [1.165, 1.54) is 5.56 Å². The zero-order valence-corrected chi connectivity index (χ0v) is 15.2. The first-order valence-electron chi connectivity index (χ1n) is 8.13. The Morgan fingerprint density at radius 3 is 2.74 bits per heavy atom. The van der Waals surface area contributed by atoms with Gasteiger partial charge in [0.05, 0.1) is 13.2 Å². The van der Waals surface area contributed by atoms with Gasteiger partial charge in [0.25, 0.3) is 0 Å². The third-order valence-electron chi connectivity index (χ3n) is 4.14. The predicted molar refractivity (Wildman–Crippen MR) is 96.5 cm³/mol. The number of nitrogens with one attached hydrogen (secondary N) is 2. The van der Waals surface area contributed by atoms with Crippen LogP contribution in [0.3, 0.4) is 0 Å². The molecule has 0 aliphatic carbocycles. The van der Waals surface area contributed by atoms with Crippen molar-refractivity contribution in [3.8, 4) is 0 Å². The lowest BCUT2D eigenvalue weighted by Gasteiger charge is -2.27. The van der Waals surface area contributed by atoms with Gasteiger partial charge in [-0.25, -0.2) is 4.99 Å². The largest absolute Gasteiger partial charge is 0.396 e. The van der Waals surface area contributed by atoms with E-state index in [4.69, 9.17) is 4.74 Å². The highest BCUT2D eigenvalue weighted by Gasteiger charge is 2.34. The Morgan fingerprint density at radius 2 is 2.13 bits per heavy atom. The maximum atomic E-state index is 9.30. The number of rotatable bonds is 7. The van der Waals surface area contributed by atoms with Crippen molar-refractivity contribution >= 4 is 21.9 Å². The molecule has 0 spiro atoms. The number of aliphatic hydroxyl groups is 1. The second-order valence-electron chi connectivity index (χ2n) is 5.95. The monoisotopic (exact) mass is 383 g/mol. The average molecular weight is 384 g/mol. The molecule has 0 saturated carbocycles. The first kappa shape index (κ1) is 18.2. The van der Waals surface area contributed by atoms with E-state index in [-0.39, 0.29) is 12.0 Å². The zero-order valence-electron chi connectivity index (χ0n) is 13.6. The maximum absolute atomic E-state index is 9.30. The Bertz CT molecular complexity index is 499. The van der Waals surface area contributed by atoms with Gasteiger partial charge in [0.15, 0.2) is 5.96 Å². The molecule has 1 atom stereocenters. The zero-order chi connectivity index (χ0) is 16.5. The maximum Gasteiger partial charge on any atom is 0.191 e. The lowest BCUT2D eigenvalue weighted by molar-refractivity contribution is 0.127. The third kappa shape index (κ3) is 5.79. The molecule has 1 unspecified atom stereocenters. The van der Waals surface area contributed by atoms with Crippen LogP contribution in [0, 0.1) is 5.41 Å². The molecule has 1 aliphatic heterocycles. The SMILES string of the molecule is CCNC(=NCc1ccc(Br)cc1)NCC1(CCO)CCOC1. The highest BCUT2D eigenvalue weighted by molar-refractivity contribution is 9.10. The van der Waals surface area contributed by atoms with Crippen molar-refractivity contribution in [1.82, 2.24) is 10.6 Å². The van der Waals surface area contributed by atoms with Crippen molar-refractivity contribution < 1.29 is 9.84 Å². The summed E-state index contributed by atoms with van der Waals surface area (Å²) in [5.74, 6) is 0.805. The number of hydrogen-bond donors (Lipinski definition) is 3. The van der Waals surface area contributed by atoms with E-state index >= 15 is 0 Å². The summed E-state index contributed by atoms with van der Waals surface area (Å²) >= 11 is 3.44. The lowest BCUT2D eigenvalue weighted by Crippen LogP contribution is -2.44. The molecule has 6 heteroatoms. The molecule has 5 nitrogen and oxygen atoms in total. The van der Waals surface area contributed by atoms with Crippen molar-refractivity contribution in [3.05, 3.63) is 34.3 Å². The summed E-state index contributed by atoms with van der Waals surface area (Å²) in [5.41, 5.74) is 1.18. The Kier molecular flexibility index (Phi) is 7.33. The van der Waals surface area contributed by atoms with E-state index in [9.17, 15) is 5.11 Å². The topological polar surface area (TPSA) is 65.9 Å². The molecule has 1 aliphatic rings. The van der Waals surface area contributed by atoms with E-state index in [2.05, 4.69) is 50.6 Å². The first-order valence-corrected chi connectivity index (χ1v) is 8.92. The summed E-state index contributed by atoms with van der Waals surface area (Å²) in [6, 6.07) is 8.18. The molecule has 1 aromatic carbocycles. The van der Waals surface area contributed by atoms with Gasteiger partial charge in [0.2, 0.25) is 0 Å². The number of guanidine groups is 1. The Balaban J connectivity index is 1.94. The number of benzene rings is 1. The molecular formula is C17H26BrN3O2. The van der Waals surface area contributed by atoms with Gasteiger partial charge in [-0.1, -0.05) is 28.1 Å². The van der Waals surface area contributed by atoms with E-state index in [0.717, 1.165) is 43.0 Å². The summed E-state index contributed by atoms with van der Waals surface area (Å²) in [6.07, 6.45) is 1.73. The minimum Gasteiger partial charge on any atom is -0.396 e. The molecule has 1 aromatic rings. The standard InChI is InChI=1S/C17H26BrN3O2/c1-2-19-16(20-11-14-3-5-15(18)6-4-14)21-12-17(7-9-22)8-10-23-13-17/h3-6,22H,2,7-13H2,1H3,(H2,19,20,21). The van der Waals surface area contributed by atoms with Gasteiger partial charge >= 0.3 is 0 Å². The molecule has 128 valence electrons. The molecule has 0 aromatic heterocycles. The Morgan fingerprint density at radius 1 is 1.35 bits per heavy atom. The first-order chi connectivity index (χ1) is 11.2. The minimum atomic E-state index is 0.0164. The quantitative estimate of drug-likeness (QED) is 0.499. The molecule has 23 heavy (non-hydrogen) atoms. The molecule has 1 heterocycles. The second-order valence-corrected chi connectivity index (χ2v) is 6.87. The Hall–Kier alpha value is -1.11. The fourth-order valence-corrected chi connectivity index (χ4v) is 2.95. The average Bonchev–Trinajstić information content (AvgIpc) is 3.01. The molecule has 0 radical (unpaired) electrons. The molecular weight excluding hydrogens is 358 g/mol. The van der Waals surface area contributed by atoms with E-state index in [0.29, 0.717) is 13.2 Å². The number of aliphatic hydroxyl groups excluding tert-OH is 1. The number of hydrogen-bond acceptors (Lipinski definition) is 3. The molecule has 0 bridgehead atoms. The molecule has 0 amide bonds. The lowest BCUT2D eigenvalue weighted by atomic mass is 9.84. The molecule has 2 rings (SSSR count). The number of ether oxygens (including phenoxy) is 1.